The summed E-state index contributed by atoms with van der Waals surface area (Å²) in [6.45, 7) is 0. The predicted molar refractivity (Wildman–Crippen MR) is 86.8 cm³/mol. The summed E-state index contributed by atoms with van der Waals surface area (Å²) in [5.41, 5.74) is 1.74. The van der Waals surface area contributed by atoms with E-state index in [0.717, 1.165) is 5.69 Å². The first-order valence-corrected chi connectivity index (χ1v) is 7.04. The van der Waals surface area contributed by atoms with E-state index in [-0.39, 0.29) is 17.3 Å². The number of nitrogens with zero attached hydrogens (tertiary/aromatic N) is 1. The molecule has 0 atom stereocenters. The van der Waals surface area contributed by atoms with E-state index in [4.69, 9.17) is 11.6 Å². The maximum atomic E-state index is 12.2. The summed E-state index contributed by atoms with van der Waals surface area (Å²) in [6.07, 6.45) is 3.86. The van der Waals surface area contributed by atoms with Gasteiger partial charge in [0.2, 0.25) is 0 Å². The molecular formula is C17H13ClN2O2. The molecule has 1 heterocycles. The third kappa shape index (κ3) is 2.97. The van der Waals surface area contributed by atoms with Crippen molar-refractivity contribution in [3.63, 3.8) is 0 Å². The Morgan fingerprint density at radius 2 is 1.73 bits per heavy atom. The standard InChI is InChI=1S/C17H13ClN2O2/c18-13-5-8-16(21)15(11-13)19-17(22)12-3-6-14(7-4-12)20-9-1-2-10-20/h1-11,21H,(H,19,22). The van der Waals surface area contributed by atoms with Gasteiger partial charge in [-0.25, -0.2) is 0 Å². The molecule has 5 heteroatoms. The van der Waals surface area contributed by atoms with E-state index in [1.165, 1.54) is 12.1 Å². The topological polar surface area (TPSA) is 54.3 Å². The molecule has 110 valence electrons. The number of nitrogens with one attached hydrogen (secondary N) is 1. The van der Waals surface area contributed by atoms with Crippen molar-refractivity contribution < 1.29 is 9.90 Å². The summed E-state index contributed by atoms with van der Waals surface area (Å²) in [5, 5.41) is 12.8. The van der Waals surface area contributed by atoms with Gasteiger partial charge in [-0.1, -0.05) is 11.6 Å². The van der Waals surface area contributed by atoms with Gasteiger partial charge in [-0.05, 0) is 54.6 Å². The van der Waals surface area contributed by atoms with E-state index in [2.05, 4.69) is 5.32 Å². The summed E-state index contributed by atoms with van der Waals surface area (Å²) in [7, 11) is 0. The van der Waals surface area contributed by atoms with Crippen LogP contribution < -0.4 is 5.32 Å². The van der Waals surface area contributed by atoms with Crippen molar-refractivity contribution in [2.45, 2.75) is 0 Å². The minimum Gasteiger partial charge on any atom is -0.506 e. The normalized spacial score (nSPS) is 10.4. The van der Waals surface area contributed by atoms with Gasteiger partial charge in [0.1, 0.15) is 5.75 Å². The Morgan fingerprint density at radius 3 is 2.41 bits per heavy atom. The third-order valence-electron chi connectivity index (χ3n) is 3.24. The molecule has 0 fully saturated rings. The predicted octanol–water partition coefficient (Wildman–Crippen LogP) is 4.09. The van der Waals surface area contributed by atoms with Gasteiger partial charge in [0.15, 0.2) is 0 Å². The zero-order valence-electron chi connectivity index (χ0n) is 11.5. The lowest BCUT2D eigenvalue weighted by Gasteiger charge is -2.09. The second kappa shape index (κ2) is 5.95. The lowest BCUT2D eigenvalue weighted by molar-refractivity contribution is 0.102. The van der Waals surface area contributed by atoms with Crippen molar-refractivity contribution in [3.05, 3.63) is 77.6 Å². The smallest absolute Gasteiger partial charge is 0.255 e. The lowest BCUT2D eigenvalue weighted by atomic mass is 10.2. The molecule has 0 spiro atoms. The average Bonchev–Trinajstić information content (AvgIpc) is 3.05. The number of hydrogen-bond acceptors (Lipinski definition) is 2. The zero-order valence-corrected chi connectivity index (χ0v) is 12.3. The summed E-state index contributed by atoms with van der Waals surface area (Å²) in [5.74, 6) is -0.335. The van der Waals surface area contributed by atoms with Crippen LogP contribution in [0.15, 0.2) is 67.0 Å². The van der Waals surface area contributed by atoms with Gasteiger partial charge in [-0.15, -0.1) is 0 Å². The molecule has 0 aliphatic carbocycles. The van der Waals surface area contributed by atoms with Gasteiger partial charge in [-0.2, -0.15) is 0 Å². The summed E-state index contributed by atoms with van der Waals surface area (Å²) in [4.78, 5) is 12.2. The molecule has 1 amide bonds. The second-order valence-corrected chi connectivity index (χ2v) is 5.19. The Bertz CT molecular complexity index is 796. The van der Waals surface area contributed by atoms with Gasteiger partial charge in [0, 0.05) is 28.7 Å². The number of carbonyl (C=O) groups excluding carboxylic acids is 1. The number of aromatic hydroxyl groups is 1. The van der Waals surface area contributed by atoms with Crippen LogP contribution in [0, 0.1) is 0 Å². The van der Waals surface area contributed by atoms with Crippen molar-refractivity contribution >= 4 is 23.2 Å². The van der Waals surface area contributed by atoms with Crippen molar-refractivity contribution in [2.24, 2.45) is 0 Å². The Morgan fingerprint density at radius 1 is 1.05 bits per heavy atom. The molecular weight excluding hydrogens is 300 g/mol. The first-order chi connectivity index (χ1) is 10.6. The highest BCUT2D eigenvalue weighted by atomic mass is 35.5. The van der Waals surface area contributed by atoms with E-state index in [9.17, 15) is 9.90 Å². The number of phenolic OH excluding ortho intramolecular Hbond substituents is 1. The van der Waals surface area contributed by atoms with E-state index < -0.39 is 0 Å². The van der Waals surface area contributed by atoms with E-state index in [0.29, 0.717) is 10.6 Å². The highest BCUT2D eigenvalue weighted by Gasteiger charge is 2.09. The Kier molecular flexibility index (Phi) is 3.85. The number of amides is 1. The molecule has 3 rings (SSSR count). The number of hydrogen-bond donors (Lipinski definition) is 2. The van der Waals surface area contributed by atoms with E-state index in [1.54, 1.807) is 18.2 Å². The van der Waals surface area contributed by atoms with Crippen LogP contribution in [0.5, 0.6) is 5.75 Å². The van der Waals surface area contributed by atoms with Gasteiger partial charge < -0.3 is 15.0 Å². The number of aromatic nitrogens is 1. The fourth-order valence-electron chi connectivity index (χ4n) is 2.09. The van der Waals surface area contributed by atoms with Crippen molar-refractivity contribution in [1.82, 2.24) is 4.57 Å². The van der Waals surface area contributed by atoms with Crippen LogP contribution in [0.25, 0.3) is 5.69 Å². The molecule has 0 unspecified atom stereocenters. The fourth-order valence-corrected chi connectivity index (χ4v) is 2.27. The average molecular weight is 313 g/mol. The van der Waals surface area contributed by atoms with Crippen LogP contribution in [0.4, 0.5) is 5.69 Å². The Balaban J connectivity index is 1.79. The quantitative estimate of drug-likeness (QED) is 0.716. The third-order valence-corrected chi connectivity index (χ3v) is 3.47. The fraction of sp³-hybridized carbons (Fsp3) is 0. The number of carbonyl (C=O) groups is 1. The van der Waals surface area contributed by atoms with Crippen LogP contribution in [-0.2, 0) is 0 Å². The molecule has 2 N–H and O–H groups in total. The van der Waals surface area contributed by atoms with Gasteiger partial charge in [0.05, 0.1) is 5.69 Å². The Hall–Kier alpha value is -2.72. The maximum Gasteiger partial charge on any atom is 0.255 e. The molecule has 0 aliphatic heterocycles. The molecule has 0 aliphatic rings. The van der Waals surface area contributed by atoms with Gasteiger partial charge in [0.25, 0.3) is 5.91 Å². The molecule has 2 aromatic carbocycles. The summed E-state index contributed by atoms with van der Waals surface area (Å²) < 4.78 is 1.95. The number of phenols is 1. The number of rotatable bonds is 3. The van der Waals surface area contributed by atoms with E-state index >= 15 is 0 Å². The molecule has 4 nitrogen and oxygen atoms in total. The molecule has 0 bridgehead atoms. The summed E-state index contributed by atoms with van der Waals surface area (Å²) >= 11 is 5.86. The van der Waals surface area contributed by atoms with Crippen LogP contribution in [0.1, 0.15) is 10.4 Å². The number of benzene rings is 2. The van der Waals surface area contributed by atoms with Crippen LogP contribution in [0.2, 0.25) is 5.02 Å². The van der Waals surface area contributed by atoms with Crippen molar-refractivity contribution in [2.75, 3.05) is 5.32 Å². The first-order valence-electron chi connectivity index (χ1n) is 6.67. The van der Waals surface area contributed by atoms with Gasteiger partial charge >= 0.3 is 0 Å². The number of anilines is 1. The highest BCUT2D eigenvalue weighted by molar-refractivity contribution is 6.31. The van der Waals surface area contributed by atoms with Gasteiger partial charge in [-0.3, -0.25) is 4.79 Å². The van der Waals surface area contributed by atoms with E-state index in [1.807, 2.05) is 41.2 Å². The summed E-state index contributed by atoms with van der Waals surface area (Å²) in [6, 6.07) is 15.5. The molecule has 0 saturated carbocycles. The highest BCUT2D eigenvalue weighted by Crippen LogP contribution is 2.27. The molecule has 22 heavy (non-hydrogen) atoms. The monoisotopic (exact) mass is 312 g/mol. The maximum absolute atomic E-state index is 12.2. The zero-order chi connectivity index (χ0) is 15.5. The lowest BCUT2D eigenvalue weighted by Crippen LogP contribution is -2.12. The SMILES string of the molecule is O=C(Nc1cc(Cl)ccc1O)c1ccc(-n2cccc2)cc1. The molecule has 3 aromatic rings. The largest absolute Gasteiger partial charge is 0.506 e. The minimum absolute atomic E-state index is 0.0262. The number of halogens is 1. The molecule has 0 saturated heterocycles. The molecule has 1 aromatic heterocycles. The van der Waals surface area contributed by atoms with Crippen molar-refractivity contribution in [3.8, 4) is 11.4 Å². The second-order valence-electron chi connectivity index (χ2n) is 4.75. The first kappa shape index (κ1) is 14.2. The van der Waals surface area contributed by atoms with Crippen LogP contribution >= 0.6 is 11.6 Å². The van der Waals surface area contributed by atoms with Crippen molar-refractivity contribution in [1.29, 1.82) is 0 Å². The molecule has 0 radical (unpaired) electrons. The minimum atomic E-state index is -0.309. The van der Waals surface area contributed by atoms with Crippen LogP contribution in [-0.4, -0.2) is 15.6 Å². The van der Waals surface area contributed by atoms with Crippen LogP contribution in [0.3, 0.4) is 0 Å². The Labute approximate surface area is 132 Å².